The quantitative estimate of drug-likeness (QED) is 0.831. The minimum atomic E-state index is -0.00219. The van der Waals surface area contributed by atoms with Gasteiger partial charge >= 0.3 is 0 Å². The van der Waals surface area contributed by atoms with Gasteiger partial charge < -0.3 is 4.90 Å². The van der Waals surface area contributed by atoms with E-state index < -0.39 is 0 Å². The van der Waals surface area contributed by atoms with Gasteiger partial charge in [-0.3, -0.25) is 15.0 Å². The number of hydrogen-bond acceptors (Lipinski definition) is 7. The maximum absolute atomic E-state index is 12.5. The number of nitrogens with zero attached hydrogens (tertiary/aromatic N) is 5. The molecular weight excluding hydrogens is 372 g/mol. The van der Waals surface area contributed by atoms with E-state index in [0.29, 0.717) is 17.6 Å². The number of aromatic nitrogens is 3. The van der Waals surface area contributed by atoms with Gasteiger partial charge in [0.15, 0.2) is 0 Å². The smallest absolute Gasteiger partial charge is 0.240 e. The van der Waals surface area contributed by atoms with Gasteiger partial charge in [0.05, 0.1) is 6.54 Å². The Kier molecular flexibility index (Phi) is 6.49. The highest BCUT2D eigenvalue weighted by Crippen LogP contribution is 2.35. The Morgan fingerprint density at radius 1 is 1.07 bits per heavy atom. The molecule has 28 heavy (non-hydrogen) atoms. The number of nitrogens with one attached hydrogen (secondary N) is 1. The summed E-state index contributed by atoms with van der Waals surface area (Å²) >= 11 is 1.54. The summed E-state index contributed by atoms with van der Waals surface area (Å²) in [6.45, 7) is 4.02. The Bertz CT molecular complexity index is 761. The zero-order valence-electron chi connectivity index (χ0n) is 16.2. The molecule has 0 unspecified atom stereocenters. The van der Waals surface area contributed by atoms with Gasteiger partial charge in [0, 0.05) is 38.3 Å². The molecule has 3 heterocycles. The zero-order chi connectivity index (χ0) is 19.2. The average molecular weight is 401 g/mol. The molecule has 0 spiro atoms. The minimum absolute atomic E-state index is 0.00219. The van der Waals surface area contributed by atoms with Crippen molar-refractivity contribution in [3.05, 3.63) is 29.4 Å². The number of pyridine rings is 1. The Labute approximate surface area is 170 Å². The maximum Gasteiger partial charge on any atom is 0.240 e. The summed E-state index contributed by atoms with van der Waals surface area (Å²) in [5.41, 5.74) is 0. The molecule has 1 saturated heterocycles. The third-order valence-corrected chi connectivity index (χ3v) is 6.57. The van der Waals surface area contributed by atoms with Gasteiger partial charge in [0.1, 0.15) is 10.8 Å². The summed E-state index contributed by atoms with van der Waals surface area (Å²) in [6.07, 6.45) is 9.12. The van der Waals surface area contributed by atoms with Crippen LogP contribution in [0.5, 0.6) is 0 Å². The molecule has 0 atom stereocenters. The second kappa shape index (κ2) is 9.43. The molecule has 1 saturated carbocycles. The second-order valence-electron chi connectivity index (χ2n) is 7.63. The van der Waals surface area contributed by atoms with Crippen molar-refractivity contribution in [1.29, 1.82) is 0 Å². The first-order valence-electron chi connectivity index (χ1n) is 10.3. The van der Waals surface area contributed by atoms with Gasteiger partial charge in [0.2, 0.25) is 11.0 Å². The number of anilines is 2. The zero-order valence-corrected chi connectivity index (χ0v) is 17.0. The fourth-order valence-corrected chi connectivity index (χ4v) is 4.99. The third kappa shape index (κ3) is 5.05. The topological polar surface area (TPSA) is 74.2 Å². The SMILES string of the molecule is O=C(CN1CCCN(c2ccccn2)CC1)Nc1nnc(C2CCCCC2)s1. The lowest BCUT2D eigenvalue weighted by atomic mass is 9.90. The summed E-state index contributed by atoms with van der Waals surface area (Å²) in [4.78, 5) is 21.4. The molecule has 0 aromatic carbocycles. The van der Waals surface area contributed by atoms with Gasteiger partial charge in [-0.15, -0.1) is 10.2 Å². The van der Waals surface area contributed by atoms with E-state index in [1.54, 1.807) is 11.3 Å². The van der Waals surface area contributed by atoms with Crippen LogP contribution in [0.3, 0.4) is 0 Å². The lowest BCUT2D eigenvalue weighted by Crippen LogP contribution is -2.36. The van der Waals surface area contributed by atoms with Crippen LogP contribution < -0.4 is 10.2 Å². The van der Waals surface area contributed by atoms with Gasteiger partial charge in [-0.05, 0) is 31.4 Å². The molecule has 1 N–H and O–H groups in total. The van der Waals surface area contributed by atoms with E-state index in [0.717, 1.165) is 43.4 Å². The van der Waals surface area contributed by atoms with Crippen LogP contribution in [0.25, 0.3) is 0 Å². The van der Waals surface area contributed by atoms with E-state index >= 15 is 0 Å². The van der Waals surface area contributed by atoms with Crippen LogP contribution in [-0.4, -0.2) is 58.7 Å². The standard InChI is InChI=1S/C20H28N6OS/c27-18(22-20-24-23-19(28-20)16-7-2-1-3-8-16)15-25-11-6-12-26(14-13-25)17-9-4-5-10-21-17/h4-5,9-10,16H,1-3,6-8,11-15H2,(H,22,24,27). The lowest BCUT2D eigenvalue weighted by Gasteiger charge is -2.22. The van der Waals surface area contributed by atoms with E-state index in [1.165, 1.54) is 32.1 Å². The van der Waals surface area contributed by atoms with Gasteiger partial charge in [0.25, 0.3) is 0 Å². The van der Waals surface area contributed by atoms with E-state index in [2.05, 4.69) is 30.3 Å². The number of carbonyl (C=O) groups excluding carboxylic acids is 1. The maximum atomic E-state index is 12.5. The molecule has 2 fully saturated rings. The minimum Gasteiger partial charge on any atom is -0.355 e. The molecule has 7 nitrogen and oxygen atoms in total. The number of carbonyl (C=O) groups is 1. The molecule has 8 heteroatoms. The van der Waals surface area contributed by atoms with Gasteiger partial charge in [-0.2, -0.15) is 0 Å². The molecule has 4 rings (SSSR count). The van der Waals surface area contributed by atoms with Crippen LogP contribution in [0.1, 0.15) is 49.5 Å². The van der Waals surface area contributed by atoms with Crippen LogP contribution in [0, 0.1) is 0 Å². The summed E-state index contributed by atoms with van der Waals surface area (Å²) < 4.78 is 0. The second-order valence-corrected chi connectivity index (χ2v) is 8.64. The van der Waals surface area contributed by atoms with E-state index in [9.17, 15) is 4.79 Å². The van der Waals surface area contributed by atoms with Gasteiger partial charge in [-0.25, -0.2) is 4.98 Å². The van der Waals surface area contributed by atoms with Crippen molar-refractivity contribution in [2.24, 2.45) is 0 Å². The average Bonchev–Trinajstić information content (AvgIpc) is 3.07. The highest BCUT2D eigenvalue weighted by Gasteiger charge is 2.21. The van der Waals surface area contributed by atoms with Crippen LogP contribution in [-0.2, 0) is 4.79 Å². The van der Waals surface area contributed by atoms with Crippen molar-refractivity contribution in [3.8, 4) is 0 Å². The van der Waals surface area contributed by atoms with Crippen LogP contribution in [0.15, 0.2) is 24.4 Å². The largest absolute Gasteiger partial charge is 0.355 e. The first-order valence-corrected chi connectivity index (χ1v) is 11.1. The van der Waals surface area contributed by atoms with Crippen molar-refractivity contribution >= 4 is 28.2 Å². The van der Waals surface area contributed by atoms with E-state index in [1.807, 2.05) is 24.4 Å². The third-order valence-electron chi connectivity index (χ3n) is 5.57. The predicted octanol–water partition coefficient (Wildman–Crippen LogP) is 3.13. The van der Waals surface area contributed by atoms with E-state index in [-0.39, 0.29) is 5.91 Å². The molecule has 2 aliphatic rings. The molecule has 0 bridgehead atoms. The fraction of sp³-hybridized carbons (Fsp3) is 0.600. The highest BCUT2D eigenvalue weighted by molar-refractivity contribution is 7.15. The van der Waals surface area contributed by atoms with E-state index in [4.69, 9.17) is 0 Å². The molecule has 1 amide bonds. The van der Waals surface area contributed by atoms with Crippen LogP contribution in [0.2, 0.25) is 0 Å². The molecule has 0 radical (unpaired) electrons. The Morgan fingerprint density at radius 2 is 1.96 bits per heavy atom. The van der Waals surface area contributed by atoms with Crippen molar-refractivity contribution in [2.45, 2.75) is 44.4 Å². The van der Waals surface area contributed by atoms with Crippen LogP contribution >= 0.6 is 11.3 Å². The van der Waals surface area contributed by atoms with Crippen molar-refractivity contribution in [2.75, 3.05) is 42.9 Å². The Hall–Kier alpha value is -2.06. The first kappa shape index (κ1) is 19.3. The first-order chi connectivity index (χ1) is 13.8. The molecular formula is C20H28N6OS. The van der Waals surface area contributed by atoms with Crippen LogP contribution in [0.4, 0.5) is 10.9 Å². The Balaban J connectivity index is 1.26. The molecule has 2 aromatic heterocycles. The summed E-state index contributed by atoms with van der Waals surface area (Å²) in [5, 5.41) is 13.2. The molecule has 150 valence electrons. The summed E-state index contributed by atoms with van der Waals surface area (Å²) in [7, 11) is 0. The lowest BCUT2D eigenvalue weighted by molar-refractivity contribution is -0.117. The van der Waals surface area contributed by atoms with Crippen molar-refractivity contribution in [3.63, 3.8) is 0 Å². The summed E-state index contributed by atoms with van der Waals surface area (Å²) in [5.74, 6) is 1.54. The number of hydrogen-bond donors (Lipinski definition) is 1. The summed E-state index contributed by atoms with van der Waals surface area (Å²) in [6, 6.07) is 5.99. The Morgan fingerprint density at radius 3 is 2.79 bits per heavy atom. The predicted molar refractivity (Wildman–Crippen MR) is 112 cm³/mol. The fourth-order valence-electron chi connectivity index (χ4n) is 4.06. The van der Waals surface area contributed by atoms with Gasteiger partial charge in [-0.1, -0.05) is 36.7 Å². The highest BCUT2D eigenvalue weighted by atomic mass is 32.1. The molecule has 2 aromatic rings. The molecule has 1 aliphatic heterocycles. The number of amides is 1. The van der Waals surface area contributed by atoms with Crippen molar-refractivity contribution in [1.82, 2.24) is 20.1 Å². The van der Waals surface area contributed by atoms with Crippen molar-refractivity contribution < 1.29 is 4.79 Å². The monoisotopic (exact) mass is 400 g/mol. The number of rotatable bonds is 5. The molecule has 1 aliphatic carbocycles. The normalized spacial score (nSPS) is 19.4.